The highest BCUT2D eigenvalue weighted by molar-refractivity contribution is 5.97. The number of phenols is 1. The molecule has 1 aromatic carbocycles. The van der Waals surface area contributed by atoms with E-state index in [1.54, 1.807) is 13.0 Å². The first-order valence-electron chi connectivity index (χ1n) is 7.06. The number of hydrogen-bond donors (Lipinski definition) is 2. The SMILES string of the molecule is COc1cc(CO)cc(O)c1C1(C)OC2=C(O1)C(C)CC2=O. The van der Waals surface area contributed by atoms with Crippen molar-refractivity contribution < 1.29 is 29.2 Å². The van der Waals surface area contributed by atoms with E-state index in [1.165, 1.54) is 13.2 Å². The smallest absolute Gasteiger partial charge is 0.282 e. The van der Waals surface area contributed by atoms with E-state index in [9.17, 15) is 15.0 Å². The number of hydrogen-bond acceptors (Lipinski definition) is 6. The average Bonchev–Trinajstić information content (AvgIpc) is 2.95. The van der Waals surface area contributed by atoms with Gasteiger partial charge in [-0.1, -0.05) is 6.92 Å². The minimum Gasteiger partial charge on any atom is -0.507 e. The lowest BCUT2D eigenvalue weighted by Crippen LogP contribution is -2.27. The molecular formula is C16H18O6. The van der Waals surface area contributed by atoms with E-state index in [0.717, 1.165) is 0 Å². The molecule has 0 radical (unpaired) electrons. The van der Waals surface area contributed by atoms with Gasteiger partial charge in [0.2, 0.25) is 11.5 Å². The zero-order valence-electron chi connectivity index (χ0n) is 12.7. The van der Waals surface area contributed by atoms with Gasteiger partial charge in [-0.25, -0.2) is 0 Å². The molecule has 3 rings (SSSR count). The van der Waals surface area contributed by atoms with Gasteiger partial charge < -0.3 is 24.4 Å². The third-order valence-corrected chi connectivity index (χ3v) is 4.02. The summed E-state index contributed by atoms with van der Waals surface area (Å²) in [6, 6.07) is 3.02. The predicted molar refractivity (Wildman–Crippen MR) is 75.9 cm³/mol. The molecule has 0 amide bonds. The molecule has 0 bridgehead atoms. The Morgan fingerprint density at radius 2 is 2.14 bits per heavy atom. The van der Waals surface area contributed by atoms with Crippen LogP contribution in [0.2, 0.25) is 0 Å². The van der Waals surface area contributed by atoms with Gasteiger partial charge in [0.05, 0.1) is 13.7 Å². The van der Waals surface area contributed by atoms with E-state index >= 15 is 0 Å². The van der Waals surface area contributed by atoms with E-state index in [4.69, 9.17) is 14.2 Å². The molecule has 0 saturated carbocycles. The molecular weight excluding hydrogens is 288 g/mol. The first-order valence-corrected chi connectivity index (χ1v) is 7.06. The second-order valence-electron chi connectivity index (χ2n) is 5.72. The van der Waals surface area contributed by atoms with Crippen LogP contribution in [0.1, 0.15) is 31.4 Å². The first-order chi connectivity index (χ1) is 10.4. The van der Waals surface area contributed by atoms with Gasteiger partial charge in [-0.05, 0) is 17.7 Å². The Kier molecular flexibility index (Phi) is 3.29. The summed E-state index contributed by atoms with van der Waals surface area (Å²) in [5.74, 6) is -0.535. The Labute approximate surface area is 127 Å². The van der Waals surface area contributed by atoms with Gasteiger partial charge in [-0.15, -0.1) is 0 Å². The molecule has 118 valence electrons. The Bertz CT molecular complexity index is 677. The van der Waals surface area contributed by atoms with Crippen molar-refractivity contribution >= 4 is 5.78 Å². The van der Waals surface area contributed by atoms with Gasteiger partial charge in [0.1, 0.15) is 17.1 Å². The van der Waals surface area contributed by atoms with Gasteiger partial charge in [0.25, 0.3) is 5.79 Å². The maximum absolute atomic E-state index is 11.9. The van der Waals surface area contributed by atoms with Crippen molar-refractivity contribution in [2.75, 3.05) is 7.11 Å². The summed E-state index contributed by atoms with van der Waals surface area (Å²) in [6.45, 7) is 3.29. The number of methoxy groups -OCH3 is 1. The minimum absolute atomic E-state index is 0.0471. The van der Waals surface area contributed by atoms with Gasteiger partial charge in [0, 0.05) is 19.3 Å². The second-order valence-corrected chi connectivity index (χ2v) is 5.72. The Morgan fingerprint density at radius 1 is 1.41 bits per heavy atom. The number of Topliss-reactive ketones (excluding diaryl/α,β-unsaturated/α-hetero) is 1. The third kappa shape index (κ3) is 2.02. The number of rotatable bonds is 3. The normalized spacial score (nSPS) is 26.7. The number of aliphatic hydroxyl groups excluding tert-OH is 1. The lowest BCUT2D eigenvalue weighted by Gasteiger charge is -2.29. The fourth-order valence-corrected chi connectivity index (χ4v) is 2.97. The zero-order valence-corrected chi connectivity index (χ0v) is 12.7. The van der Waals surface area contributed by atoms with Crippen molar-refractivity contribution in [2.45, 2.75) is 32.7 Å². The molecule has 1 heterocycles. The zero-order chi connectivity index (χ0) is 16.1. The topological polar surface area (TPSA) is 85.2 Å². The molecule has 6 heteroatoms. The van der Waals surface area contributed by atoms with Gasteiger partial charge in [0.15, 0.2) is 5.76 Å². The van der Waals surface area contributed by atoms with Crippen LogP contribution >= 0.6 is 0 Å². The van der Waals surface area contributed by atoms with Crippen LogP contribution in [0, 0.1) is 5.92 Å². The monoisotopic (exact) mass is 306 g/mol. The summed E-state index contributed by atoms with van der Waals surface area (Å²) in [6.07, 6.45) is 0.368. The number of ketones is 1. The largest absolute Gasteiger partial charge is 0.507 e. The van der Waals surface area contributed by atoms with E-state index in [-0.39, 0.29) is 29.8 Å². The van der Waals surface area contributed by atoms with E-state index in [0.29, 0.717) is 29.1 Å². The number of ether oxygens (including phenoxy) is 3. The number of benzene rings is 1. The van der Waals surface area contributed by atoms with Crippen LogP contribution < -0.4 is 4.74 Å². The van der Waals surface area contributed by atoms with Crippen molar-refractivity contribution in [1.82, 2.24) is 0 Å². The number of aromatic hydroxyl groups is 1. The van der Waals surface area contributed by atoms with Crippen molar-refractivity contribution in [3.8, 4) is 11.5 Å². The van der Waals surface area contributed by atoms with Crippen LogP contribution in [-0.2, 0) is 26.7 Å². The molecule has 0 aromatic heterocycles. The van der Waals surface area contributed by atoms with Crippen LogP contribution in [-0.4, -0.2) is 23.1 Å². The molecule has 1 aliphatic carbocycles. The molecule has 2 N–H and O–H groups in total. The molecule has 2 unspecified atom stereocenters. The number of aliphatic hydroxyl groups is 1. The Morgan fingerprint density at radius 3 is 2.73 bits per heavy atom. The molecule has 0 saturated heterocycles. The highest BCUT2D eigenvalue weighted by Crippen LogP contribution is 2.51. The maximum Gasteiger partial charge on any atom is 0.282 e. The molecule has 0 fully saturated rings. The van der Waals surface area contributed by atoms with Crippen molar-refractivity contribution in [3.63, 3.8) is 0 Å². The molecule has 2 atom stereocenters. The van der Waals surface area contributed by atoms with Gasteiger partial charge in [-0.2, -0.15) is 0 Å². The summed E-state index contributed by atoms with van der Waals surface area (Å²) in [4.78, 5) is 11.9. The van der Waals surface area contributed by atoms with Crippen LogP contribution in [0.4, 0.5) is 0 Å². The van der Waals surface area contributed by atoms with Crippen molar-refractivity contribution in [3.05, 3.63) is 34.8 Å². The minimum atomic E-state index is -1.33. The standard InChI is InChI=1S/C16H18O6/c1-8-4-11(19)15-14(8)21-16(2,22-15)13-10(18)5-9(7-17)6-12(13)20-3/h5-6,8,17-18H,4,7H2,1-3H3. The number of carbonyl (C=O) groups excluding carboxylic acids is 1. The van der Waals surface area contributed by atoms with Crippen molar-refractivity contribution in [2.24, 2.45) is 5.92 Å². The van der Waals surface area contributed by atoms with E-state index < -0.39 is 5.79 Å². The van der Waals surface area contributed by atoms with E-state index in [1.807, 2.05) is 6.92 Å². The molecule has 0 spiro atoms. The number of carbonyl (C=O) groups is 1. The van der Waals surface area contributed by atoms with Crippen LogP contribution in [0.5, 0.6) is 11.5 Å². The van der Waals surface area contributed by atoms with Gasteiger partial charge >= 0.3 is 0 Å². The van der Waals surface area contributed by atoms with Crippen LogP contribution in [0.15, 0.2) is 23.7 Å². The van der Waals surface area contributed by atoms with Crippen LogP contribution in [0.3, 0.4) is 0 Å². The average molecular weight is 306 g/mol. The quantitative estimate of drug-likeness (QED) is 0.887. The molecule has 1 aromatic rings. The lowest BCUT2D eigenvalue weighted by atomic mass is 10.0. The Balaban J connectivity index is 2.04. The summed E-state index contributed by atoms with van der Waals surface area (Å²) >= 11 is 0. The molecule has 6 nitrogen and oxygen atoms in total. The summed E-state index contributed by atoms with van der Waals surface area (Å²) < 4.78 is 16.9. The second kappa shape index (κ2) is 4.91. The summed E-state index contributed by atoms with van der Waals surface area (Å²) in [5, 5.41) is 19.5. The fourth-order valence-electron chi connectivity index (χ4n) is 2.97. The molecule has 1 aliphatic heterocycles. The molecule has 22 heavy (non-hydrogen) atoms. The highest BCUT2D eigenvalue weighted by atomic mass is 16.7. The first kappa shape index (κ1) is 14.7. The maximum atomic E-state index is 11.9. The number of phenolic OH excluding ortho intramolecular Hbond substituents is 1. The third-order valence-electron chi connectivity index (χ3n) is 4.02. The highest BCUT2D eigenvalue weighted by Gasteiger charge is 2.50. The van der Waals surface area contributed by atoms with Crippen LogP contribution in [0.25, 0.3) is 0 Å². The van der Waals surface area contributed by atoms with E-state index in [2.05, 4.69) is 0 Å². The molecule has 2 aliphatic rings. The van der Waals surface area contributed by atoms with Gasteiger partial charge in [-0.3, -0.25) is 4.79 Å². The Hall–Kier alpha value is -2.21. The number of allylic oxidation sites excluding steroid dienone is 2. The lowest BCUT2D eigenvalue weighted by molar-refractivity contribution is -0.162. The summed E-state index contributed by atoms with van der Waals surface area (Å²) in [5.41, 5.74) is 0.797. The predicted octanol–water partition coefficient (Wildman–Crippen LogP) is 1.93. The fraction of sp³-hybridized carbons (Fsp3) is 0.438. The summed E-state index contributed by atoms with van der Waals surface area (Å²) in [7, 11) is 1.45. The van der Waals surface area contributed by atoms with Crippen molar-refractivity contribution in [1.29, 1.82) is 0 Å².